The Morgan fingerprint density at radius 3 is 2.73 bits per heavy atom. The van der Waals surface area contributed by atoms with Crippen LogP contribution in [-0.4, -0.2) is 11.3 Å². The summed E-state index contributed by atoms with van der Waals surface area (Å²) in [4.78, 5) is 14.3. The van der Waals surface area contributed by atoms with Crippen LogP contribution in [0.25, 0.3) is 11.1 Å². The van der Waals surface area contributed by atoms with Crippen molar-refractivity contribution >= 4 is 6.29 Å². The Balaban J connectivity index is 2.54. The summed E-state index contributed by atoms with van der Waals surface area (Å²) in [5.41, 5.74) is 1.43. The Bertz CT molecular complexity index is 496. The average Bonchev–Trinajstić information content (AvgIpc) is 2.30. The van der Waals surface area contributed by atoms with E-state index in [0.717, 1.165) is 0 Å². The Morgan fingerprint density at radius 2 is 2.00 bits per heavy atom. The molecule has 15 heavy (non-hydrogen) atoms. The SMILES string of the molecule is O=Cc1cc(-c2ccccc2F)ccn1. The van der Waals surface area contributed by atoms with E-state index in [1.165, 1.54) is 12.3 Å². The summed E-state index contributed by atoms with van der Waals surface area (Å²) in [5.74, 6) is -0.305. The molecule has 2 aromatic rings. The maximum atomic E-state index is 13.4. The molecule has 0 unspecified atom stereocenters. The quantitative estimate of drug-likeness (QED) is 0.699. The van der Waals surface area contributed by atoms with E-state index >= 15 is 0 Å². The van der Waals surface area contributed by atoms with Crippen LogP contribution in [0, 0.1) is 5.82 Å². The van der Waals surface area contributed by atoms with Gasteiger partial charge >= 0.3 is 0 Å². The lowest BCUT2D eigenvalue weighted by molar-refractivity contribution is 0.111. The van der Waals surface area contributed by atoms with Gasteiger partial charge in [0.05, 0.1) is 0 Å². The molecule has 0 fully saturated rings. The number of hydrogen-bond acceptors (Lipinski definition) is 2. The van der Waals surface area contributed by atoms with E-state index in [-0.39, 0.29) is 5.82 Å². The molecule has 0 amide bonds. The molecular weight excluding hydrogens is 193 g/mol. The fourth-order valence-corrected chi connectivity index (χ4v) is 1.38. The van der Waals surface area contributed by atoms with Crippen LogP contribution in [-0.2, 0) is 0 Å². The first-order valence-electron chi connectivity index (χ1n) is 4.47. The second-order valence-electron chi connectivity index (χ2n) is 3.07. The van der Waals surface area contributed by atoms with E-state index in [1.54, 1.807) is 30.3 Å². The molecule has 2 nitrogen and oxygen atoms in total. The Labute approximate surface area is 86.4 Å². The third-order valence-corrected chi connectivity index (χ3v) is 2.09. The van der Waals surface area contributed by atoms with Gasteiger partial charge in [-0.2, -0.15) is 0 Å². The number of halogens is 1. The highest BCUT2D eigenvalue weighted by molar-refractivity contribution is 5.76. The largest absolute Gasteiger partial charge is 0.296 e. The maximum Gasteiger partial charge on any atom is 0.168 e. The number of pyridine rings is 1. The van der Waals surface area contributed by atoms with Crippen LogP contribution in [0.1, 0.15) is 10.5 Å². The van der Waals surface area contributed by atoms with Gasteiger partial charge in [-0.05, 0) is 23.8 Å². The molecule has 0 bridgehead atoms. The van der Waals surface area contributed by atoms with Gasteiger partial charge in [-0.15, -0.1) is 0 Å². The third kappa shape index (κ3) is 1.91. The molecule has 0 aliphatic heterocycles. The molecule has 0 aliphatic carbocycles. The molecule has 2 rings (SSSR count). The fraction of sp³-hybridized carbons (Fsp3) is 0. The predicted molar refractivity (Wildman–Crippen MR) is 55.0 cm³/mol. The summed E-state index contributed by atoms with van der Waals surface area (Å²) in [5, 5.41) is 0. The summed E-state index contributed by atoms with van der Waals surface area (Å²) in [6.45, 7) is 0. The summed E-state index contributed by atoms with van der Waals surface area (Å²) in [6.07, 6.45) is 2.13. The zero-order chi connectivity index (χ0) is 10.7. The Hall–Kier alpha value is -2.03. The predicted octanol–water partition coefficient (Wildman–Crippen LogP) is 2.70. The van der Waals surface area contributed by atoms with E-state index in [2.05, 4.69) is 4.98 Å². The van der Waals surface area contributed by atoms with E-state index in [9.17, 15) is 9.18 Å². The second kappa shape index (κ2) is 4.00. The Kier molecular flexibility index (Phi) is 2.54. The van der Waals surface area contributed by atoms with Crippen LogP contribution in [0.5, 0.6) is 0 Å². The monoisotopic (exact) mass is 201 g/mol. The van der Waals surface area contributed by atoms with Gasteiger partial charge in [0.25, 0.3) is 0 Å². The average molecular weight is 201 g/mol. The molecule has 0 spiro atoms. The Morgan fingerprint density at radius 1 is 1.20 bits per heavy atom. The molecule has 3 heteroatoms. The van der Waals surface area contributed by atoms with Gasteiger partial charge in [-0.1, -0.05) is 18.2 Å². The fourth-order valence-electron chi connectivity index (χ4n) is 1.38. The van der Waals surface area contributed by atoms with Crippen molar-refractivity contribution < 1.29 is 9.18 Å². The summed E-state index contributed by atoms with van der Waals surface area (Å²) >= 11 is 0. The number of carbonyl (C=O) groups is 1. The number of hydrogen-bond donors (Lipinski definition) is 0. The van der Waals surface area contributed by atoms with Crippen LogP contribution < -0.4 is 0 Å². The van der Waals surface area contributed by atoms with Crippen molar-refractivity contribution in [3.05, 3.63) is 54.1 Å². The topological polar surface area (TPSA) is 30.0 Å². The minimum absolute atomic E-state index is 0.302. The lowest BCUT2D eigenvalue weighted by Gasteiger charge is -2.02. The first kappa shape index (κ1) is 9.52. The van der Waals surface area contributed by atoms with Gasteiger partial charge in [-0.3, -0.25) is 9.78 Å². The van der Waals surface area contributed by atoms with Crippen molar-refractivity contribution in [2.75, 3.05) is 0 Å². The van der Waals surface area contributed by atoms with E-state index in [4.69, 9.17) is 0 Å². The number of carbonyl (C=O) groups excluding carboxylic acids is 1. The first-order chi connectivity index (χ1) is 7.31. The van der Waals surface area contributed by atoms with Gasteiger partial charge in [0, 0.05) is 11.8 Å². The van der Waals surface area contributed by atoms with Crippen molar-refractivity contribution in [1.29, 1.82) is 0 Å². The lowest BCUT2D eigenvalue weighted by atomic mass is 10.1. The summed E-state index contributed by atoms with van der Waals surface area (Å²) in [6, 6.07) is 9.66. The summed E-state index contributed by atoms with van der Waals surface area (Å²) in [7, 11) is 0. The second-order valence-corrected chi connectivity index (χ2v) is 3.07. The van der Waals surface area contributed by atoms with E-state index in [1.807, 2.05) is 0 Å². The summed E-state index contributed by atoms with van der Waals surface area (Å²) < 4.78 is 13.4. The zero-order valence-corrected chi connectivity index (χ0v) is 7.85. The number of aromatic nitrogens is 1. The zero-order valence-electron chi connectivity index (χ0n) is 7.85. The normalized spacial score (nSPS) is 9.93. The molecule has 0 atom stereocenters. The smallest absolute Gasteiger partial charge is 0.168 e. The number of aldehydes is 1. The van der Waals surface area contributed by atoms with Crippen LogP contribution in [0.3, 0.4) is 0 Å². The highest BCUT2D eigenvalue weighted by atomic mass is 19.1. The standard InChI is InChI=1S/C12H8FNO/c13-12-4-2-1-3-11(12)9-5-6-14-10(7-9)8-15/h1-8H. The molecular formula is C12H8FNO. The van der Waals surface area contributed by atoms with Crippen molar-refractivity contribution in [2.45, 2.75) is 0 Å². The molecule has 0 radical (unpaired) electrons. The van der Waals surface area contributed by atoms with Crippen molar-refractivity contribution in [2.24, 2.45) is 0 Å². The lowest BCUT2D eigenvalue weighted by Crippen LogP contribution is -1.89. The van der Waals surface area contributed by atoms with Crippen molar-refractivity contribution in [3.8, 4) is 11.1 Å². The van der Waals surface area contributed by atoms with Crippen LogP contribution in [0.2, 0.25) is 0 Å². The highest BCUT2D eigenvalue weighted by Gasteiger charge is 2.04. The first-order valence-corrected chi connectivity index (χ1v) is 4.47. The van der Waals surface area contributed by atoms with Crippen LogP contribution in [0.15, 0.2) is 42.6 Å². The molecule has 0 saturated carbocycles. The van der Waals surface area contributed by atoms with Gasteiger partial charge < -0.3 is 0 Å². The maximum absolute atomic E-state index is 13.4. The van der Waals surface area contributed by atoms with Crippen molar-refractivity contribution in [3.63, 3.8) is 0 Å². The van der Waals surface area contributed by atoms with Gasteiger partial charge in [0.2, 0.25) is 0 Å². The van der Waals surface area contributed by atoms with Crippen LogP contribution in [0.4, 0.5) is 4.39 Å². The highest BCUT2D eigenvalue weighted by Crippen LogP contribution is 2.21. The minimum Gasteiger partial charge on any atom is -0.296 e. The molecule has 1 aromatic heterocycles. The van der Waals surface area contributed by atoms with E-state index in [0.29, 0.717) is 23.1 Å². The minimum atomic E-state index is -0.305. The molecule has 1 aromatic carbocycles. The van der Waals surface area contributed by atoms with E-state index < -0.39 is 0 Å². The number of benzene rings is 1. The van der Waals surface area contributed by atoms with Gasteiger partial charge in [-0.25, -0.2) is 4.39 Å². The van der Waals surface area contributed by atoms with Crippen LogP contribution >= 0.6 is 0 Å². The molecule has 0 N–H and O–H groups in total. The van der Waals surface area contributed by atoms with Gasteiger partial charge in [0.1, 0.15) is 11.5 Å². The third-order valence-electron chi connectivity index (χ3n) is 2.09. The molecule has 1 heterocycles. The van der Waals surface area contributed by atoms with Crippen molar-refractivity contribution in [1.82, 2.24) is 4.98 Å². The number of rotatable bonds is 2. The molecule has 0 aliphatic rings. The molecule has 74 valence electrons. The number of nitrogens with zero attached hydrogens (tertiary/aromatic N) is 1. The van der Waals surface area contributed by atoms with Gasteiger partial charge in [0.15, 0.2) is 6.29 Å². The molecule has 0 saturated heterocycles.